The fourth-order valence-electron chi connectivity index (χ4n) is 3.01. The summed E-state index contributed by atoms with van der Waals surface area (Å²) in [6.07, 6.45) is 1.71. The summed E-state index contributed by atoms with van der Waals surface area (Å²) < 4.78 is 21.8. The minimum atomic E-state index is -0.247. The maximum atomic E-state index is 12.2. The van der Waals surface area contributed by atoms with Crippen LogP contribution < -0.4 is 24.4 Å². The van der Waals surface area contributed by atoms with Crippen LogP contribution in [-0.2, 0) is 17.8 Å². The van der Waals surface area contributed by atoms with Gasteiger partial charge in [0.05, 0.1) is 34.0 Å². The maximum Gasteiger partial charge on any atom is 0.244 e. The lowest BCUT2D eigenvalue weighted by molar-refractivity contribution is -0.120. The maximum absolute atomic E-state index is 12.2. The molecule has 0 heterocycles. The van der Waals surface area contributed by atoms with Crippen LogP contribution in [0, 0.1) is 0 Å². The zero-order valence-electron chi connectivity index (χ0n) is 18.3. The van der Waals surface area contributed by atoms with E-state index in [4.69, 9.17) is 18.9 Å². The van der Waals surface area contributed by atoms with Crippen molar-refractivity contribution in [3.8, 4) is 23.0 Å². The second-order valence-electron chi connectivity index (χ2n) is 6.84. The van der Waals surface area contributed by atoms with Crippen molar-refractivity contribution in [2.45, 2.75) is 13.0 Å². The number of amides is 1. The van der Waals surface area contributed by atoms with Gasteiger partial charge in [-0.05, 0) is 47.0 Å². The SMILES string of the molecule is COc1ccc(CC(=O)NN=Cc2ccc(OCc3ccccc3)c(OC)c2)cc1OC. The number of methoxy groups -OCH3 is 3. The number of carbonyl (C=O) groups is 1. The predicted molar refractivity (Wildman–Crippen MR) is 123 cm³/mol. The molecule has 0 aliphatic rings. The Morgan fingerprint density at radius 2 is 1.50 bits per heavy atom. The molecule has 0 fully saturated rings. The van der Waals surface area contributed by atoms with E-state index in [-0.39, 0.29) is 12.3 Å². The van der Waals surface area contributed by atoms with Gasteiger partial charge < -0.3 is 18.9 Å². The highest BCUT2D eigenvalue weighted by atomic mass is 16.5. The van der Waals surface area contributed by atoms with Crippen molar-refractivity contribution in [2.75, 3.05) is 21.3 Å². The lowest BCUT2D eigenvalue weighted by atomic mass is 10.1. The molecule has 3 aromatic rings. The summed E-state index contributed by atoms with van der Waals surface area (Å²) in [5.74, 6) is 2.15. The summed E-state index contributed by atoms with van der Waals surface area (Å²) in [5, 5.41) is 4.04. The first kappa shape index (κ1) is 22.7. The molecule has 3 aromatic carbocycles. The van der Waals surface area contributed by atoms with Crippen LogP contribution in [0.5, 0.6) is 23.0 Å². The van der Waals surface area contributed by atoms with Gasteiger partial charge in [0.25, 0.3) is 0 Å². The van der Waals surface area contributed by atoms with E-state index in [0.29, 0.717) is 29.6 Å². The molecule has 0 atom stereocenters. The van der Waals surface area contributed by atoms with E-state index in [2.05, 4.69) is 10.5 Å². The third kappa shape index (κ3) is 6.25. The van der Waals surface area contributed by atoms with E-state index in [1.54, 1.807) is 45.7 Å². The van der Waals surface area contributed by atoms with Crippen LogP contribution in [0.3, 0.4) is 0 Å². The van der Waals surface area contributed by atoms with E-state index in [1.807, 2.05) is 48.5 Å². The summed E-state index contributed by atoms with van der Waals surface area (Å²) >= 11 is 0. The van der Waals surface area contributed by atoms with Crippen LogP contribution in [-0.4, -0.2) is 33.5 Å². The van der Waals surface area contributed by atoms with Gasteiger partial charge >= 0.3 is 0 Å². The number of benzene rings is 3. The molecule has 1 amide bonds. The minimum absolute atomic E-state index is 0.160. The van der Waals surface area contributed by atoms with E-state index in [1.165, 1.54) is 0 Å². The molecule has 0 spiro atoms. The monoisotopic (exact) mass is 434 g/mol. The van der Waals surface area contributed by atoms with Crippen LogP contribution in [0.25, 0.3) is 0 Å². The van der Waals surface area contributed by atoms with E-state index < -0.39 is 0 Å². The Hall–Kier alpha value is -4.00. The molecular weight excluding hydrogens is 408 g/mol. The standard InChI is InChI=1S/C25H26N2O5/c1-29-21-11-9-19(13-23(21)30-2)15-25(28)27-26-16-20-10-12-22(24(14-20)31-3)32-17-18-7-5-4-6-8-18/h4-14,16H,15,17H2,1-3H3,(H,27,28). The quantitative estimate of drug-likeness (QED) is 0.386. The van der Waals surface area contributed by atoms with Crippen molar-refractivity contribution >= 4 is 12.1 Å². The Labute approximate surface area is 187 Å². The zero-order chi connectivity index (χ0) is 22.8. The molecule has 0 radical (unpaired) electrons. The molecule has 32 heavy (non-hydrogen) atoms. The lowest BCUT2D eigenvalue weighted by Crippen LogP contribution is -2.19. The number of rotatable bonds is 10. The molecule has 166 valence electrons. The van der Waals surface area contributed by atoms with E-state index >= 15 is 0 Å². The van der Waals surface area contributed by atoms with Crippen LogP contribution in [0.1, 0.15) is 16.7 Å². The summed E-state index contributed by atoms with van der Waals surface area (Å²) in [7, 11) is 4.70. The Morgan fingerprint density at radius 3 is 2.22 bits per heavy atom. The molecule has 0 saturated heterocycles. The number of carbonyl (C=O) groups excluding carboxylic acids is 1. The number of nitrogens with zero attached hydrogens (tertiary/aromatic N) is 1. The number of nitrogens with one attached hydrogen (secondary N) is 1. The molecule has 0 bridgehead atoms. The van der Waals surface area contributed by atoms with Gasteiger partial charge in [0.2, 0.25) is 5.91 Å². The van der Waals surface area contributed by atoms with Crippen molar-refractivity contribution in [1.82, 2.24) is 5.43 Å². The van der Waals surface area contributed by atoms with Crippen molar-refractivity contribution in [3.05, 3.63) is 83.4 Å². The number of ether oxygens (including phenoxy) is 4. The molecule has 0 saturated carbocycles. The normalized spacial score (nSPS) is 10.6. The Balaban J connectivity index is 1.57. The highest BCUT2D eigenvalue weighted by Crippen LogP contribution is 2.29. The highest BCUT2D eigenvalue weighted by molar-refractivity contribution is 5.84. The van der Waals surface area contributed by atoms with Gasteiger partial charge in [0.1, 0.15) is 6.61 Å². The first-order valence-corrected chi connectivity index (χ1v) is 10.0. The molecule has 0 aliphatic heterocycles. The Morgan fingerprint density at radius 1 is 0.812 bits per heavy atom. The largest absolute Gasteiger partial charge is 0.493 e. The third-order valence-corrected chi connectivity index (χ3v) is 4.64. The van der Waals surface area contributed by atoms with E-state index in [0.717, 1.165) is 16.7 Å². The fourth-order valence-corrected chi connectivity index (χ4v) is 3.01. The predicted octanol–water partition coefficient (Wildman–Crippen LogP) is 3.98. The van der Waals surface area contributed by atoms with Gasteiger partial charge in [-0.15, -0.1) is 0 Å². The number of hydrogen-bond acceptors (Lipinski definition) is 6. The van der Waals surface area contributed by atoms with Gasteiger partial charge in [0, 0.05) is 0 Å². The Bertz CT molecular complexity index is 1070. The van der Waals surface area contributed by atoms with Crippen molar-refractivity contribution in [1.29, 1.82) is 0 Å². The molecule has 0 aliphatic carbocycles. The van der Waals surface area contributed by atoms with Gasteiger partial charge in [0.15, 0.2) is 23.0 Å². The molecule has 1 N–H and O–H groups in total. The summed E-state index contributed by atoms with van der Waals surface area (Å²) in [6.45, 7) is 0.441. The van der Waals surface area contributed by atoms with Crippen LogP contribution in [0.15, 0.2) is 71.8 Å². The topological polar surface area (TPSA) is 78.4 Å². The zero-order valence-corrected chi connectivity index (χ0v) is 18.3. The van der Waals surface area contributed by atoms with Crippen LogP contribution in [0.4, 0.5) is 0 Å². The molecule has 0 unspecified atom stereocenters. The summed E-state index contributed by atoms with van der Waals surface area (Å²) in [4.78, 5) is 12.2. The first-order chi connectivity index (χ1) is 15.6. The summed E-state index contributed by atoms with van der Waals surface area (Å²) in [5.41, 5.74) is 5.15. The molecule has 7 nitrogen and oxygen atoms in total. The average molecular weight is 434 g/mol. The Kier molecular flexibility index (Phi) is 8.09. The summed E-state index contributed by atoms with van der Waals surface area (Å²) in [6, 6.07) is 20.7. The molecule has 3 rings (SSSR count). The van der Waals surface area contributed by atoms with Crippen LogP contribution >= 0.6 is 0 Å². The van der Waals surface area contributed by atoms with Crippen molar-refractivity contribution < 1.29 is 23.7 Å². The number of hydrazone groups is 1. The molecule has 7 heteroatoms. The van der Waals surface area contributed by atoms with Gasteiger partial charge in [-0.3, -0.25) is 4.79 Å². The first-order valence-electron chi connectivity index (χ1n) is 10.0. The number of hydrogen-bond donors (Lipinski definition) is 1. The third-order valence-electron chi connectivity index (χ3n) is 4.64. The van der Waals surface area contributed by atoms with Gasteiger partial charge in [-0.25, -0.2) is 5.43 Å². The van der Waals surface area contributed by atoms with Crippen LogP contribution in [0.2, 0.25) is 0 Å². The van der Waals surface area contributed by atoms with Gasteiger partial charge in [-0.1, -0.05) is 36.4 Å². The fraction of sp³-hybridized carbons (Fsp3) is 0.200. The second kappa shape index (κ2) is 11.4. The smallest absolute Gasteiger partial charge is 0.244 e. The minimum Gasteiger partial charge on any atom is -0.493 e. The van der Waals surface area contributed by atoms with E-state index in [9.17, 15) is 4.79 Å². The second-order valence-corrected chi connectivity index (χ2v) is 6.84. The van der Waals surface area contributed by atoms with Crippen molar-refractivity contribution in [2.24, 2.45) is 5.10 Å². The highest BCUT2D eigenvalue weighted by Gasteiger charge is 2.08. The molecular formula is C25H26N2O5. The van der Waals surface area contributed by atoms with Crippen molar-refractivity contribution in [3.63, 3.8) is 0 Å². The lowest BCUT2D eigenvalue weighted by Gasteiger charge is -2.11. The van der Waals surface area contributed by atoms with Gasteiger partial charge in [-0.2, -0.15) is 5.10 Å². The molecule has 0 aromatic heterocycles. The average Bonchev–Trinajstić information content (AvgIpc) is 2.83.